The fraction of sp³-hybridized carbons (Fsp3) is 0.478. The van der Waals surface area contributed by atoms with Gasteiger partial charge in [0.05, 0.1) is 23.4 Å². The number of halogens is 2. The predicted molar refractivity (Wildman–Crippen MR) is 130 cm³/mol. The summed E-state index contributed by atoms with van der Waals surface area (Å²) < 4.78 is 11.1. The third kappa shape index (κ3) is 6.87. The summed E-state index contributed by atoms with van der Waals surface area (Å²) in [5, 5.41) is 9.81. The number of hydrogen-bond donors (Lipinski definition) is 2. The summed E-state index contributed by atoms with van der Waals surface area (Å²) in [7, 11) is 0. The highest BCUT2D eigenvalue weighted by Crippen LogP contribution is 2.34. The van der Waals surface area contributed by atoms with E-state index in [1.165, 1.54) is 0 Å². The minimum Gasteiger partial charge on any atom is -0.448 e. The average molecular weight is 511 g/mol. The molecule has 0 bridgehead atoms. The summed E-state index contributed by atoms with van der Waals surface area (Å²) in [6.45, 7) is 1.90. The van der Waals surface area contributed by atoms with Gasteiger partial charge in [-0.1, -0.05) is 25.0 Å². The van der Waals surface area contributed by atoms with Crippen molar-refractivity contribution in [2.75, 3.05) is 35.6 Å². The van der Waals surface area contributed by atoms with E-state index in [2.05, 4.69) is 15.7 Å². The van der Waals surface area contributed by atoms with Crippen LogP contribution in [0.2, 0.25) is 0 Å². The lowest BCUT2D eigenvalue weighted by Gasteiger charge is -2.14. The molecule has 2 N–H and O–H groups in total. The van der Waals surface area contributed by atoms with Crippen LogP contribution in [0, 0.1) is 0 Å². The fourth-order valence-electron chi connectivity index (χ4n) is 3.76. The van der Waals surface area contributed by atoms with Crippen LogP contribution < -0.4 is 10.6 Å². The van der Waals surface area contributed by atoms with Gasteiger partial charge >= 0.3 is 12.2 Å². The quantitative estimate of drug-likeness (QED) is 0.443. The smallest absolute Gasteiger partial charge is 0.436 e. The largest absolute Gasteiger partial charge is 0.448 e. The summed E-state index contributed by atoms with van der Waals surface area (Å²) >= 11 is 11.1. The van der Waals surface area contributed by atoms with Crippen molar-refractivity contribution in [2.45, 2.75) is 44.4 Å². The molecule has 3 rings (SSSR count). The van der Waals surface area contributed by atoms with Gasteiger partial charge in [-0.2, -0.15) is 5.10 Å². The van der Waals surface area contributed by atoms with E-state index in [0.29, 0.717) is 5.69 Å². The van der Waals surface area contributed by atoms with E-state index in [9.17, 15) is 14.4 Å². The average Bonchev–Trinajstić information content (AvgIpc) is 3.51. The lowest BCUT2D eigenvalue weighted by atomic mass is 10.00. The van der Waals surface area contributed by atoms with E-state index < -0.39 is 18.1 Å². The van der Waals surface area contributed by atoms with Crippen LogP contribution in [-0.4, -0.2) is 52.8 Å². The first-order valence-corrected chi connectivity index (χ1v) is 12.2. The first-order chi connectivity index (χ1) is 16.4. The van der Waals surface area contributed by atoms with Gasteiger partial charge in [0.2, 0.25) is 5.91 Å². The monoisotopic (exact) mass is 510 g/mol. The number of aromatic nitrogens is 2. The van der Waals surface area contributed by atoms with Crippen LogP contribution in [0.1, 0.15) is 55.7 Å². The number of nitrogens with one attached hydrogen (secondary N) is 2. The topological polar surface area (TPSA) is 112 Å². The van der Waals surface area contributed by atoms with Crippen molar-refractivity contribution in [1.82, 2.24) is 9.78 Å². The van der Waals surface area contributed by atoms with Crippen molar-refractivity contribution < 1.29 is 23.9 Å². The second-order valence-electron chi connectivity index (χ2n) is 7.93. The second kappa shape index (κ2) is 12.6. The molecule has 11 heteroatoms. The highest BCUT2D eigenvalue weighted by atomic mass is 35.5. The molecule has 1 aliphatic rings. The number of anilines is 2. The number of rotatable bonds is 9. The summed E-state index contributed by atoms with van der Waals surface area (Å²) in [4.78, 5) is 37.1. The highest BCUT2D eigenvalue weighted by molar-refractivity contribution is 6.18. The van der Waals surface area contributed by atoms with Crippen LogP contribution in [0.5, 0.6) is 0 Å². The molecule has 184 valence electrons. The number of alkyl halides is 2. The number of benzene rings is 1. The number of hydrogen-bond acceptors (Lipinski definition) is 6. The van der Waals surface area contributed by atoms with Crippen molar-refractivity contribution in [1.29, 1.82) is 0 Å². The Morgan fingerprint density at radius 2 is 1.71 bits per heavy atom. The molecule has 0 radical (unpaired) electrons. The molecule has 34 heavy (non-hydrogen) atoms. The second-order valence-corrected chi connectivity index (χ2v) is 8.69. The first kappa shape index (κ1) is 25.8. The van der Waals surface area contributed by atoms with Crippen LogP contribution in [0.25, 0.3) is 0 Å². The molecule has 0 saturated heterocycles. The Morgan fingerprint density at radius 3 is 2.35 bits per heavy atom. The van der Waals surface area contributed by atoms with Crippen molar-refractivity contribution >= 4 is 52.8 Å². The van der Waals surface area contributed by atoms with Crippen LogP contribution in [0.4, 0.5) is 21.1 Å². The Bertz CT molecular complexity index is 990. The molecule has 2 aromatic rings. The van der Waals surface area contributed by atoms with Crippen molar-refractivity contribution in [3.05, 3.63) is 41.6 Å². The molecule has 0 spiro atoms. The van der Waals surface area contributed by atoms with Crippen LogP contribution in [0.15, 0.2) is 30.3 Å². The van der Waals surface area contributed by atoms with E-state index in [-0.39, 0.29) is 42.6 Å². The van der Waals surface area contributed by atoms with Crippen molar-refractivity contribution in [3.63, 3.8) is 0 Å². The minimum atomic E-state index is -0.690. The van der Waals surface area contributed by atoms with Crippen molar-refractivity contribution in [2.24, 2.45) is 0 Å². The maximum absolute atomic E-state index is 13.0. The summed E-state index contributed by atoms with van der Waals surface area (Å²) in [6, 6.07) is 8.55. The molecule has 1 heterocycles. The van der Waals surface area contributed by atoms with Crippen LogP contribution in [0.3, 0.4) is 0 Å². The van der Waals surface area contributed by atoms with E-state index in [1.54, 1.807) is 37.3 Å². The zero-order valence-corrected chi connectivity index (χ0v) is 20.4. The highest BCUT2D eigenvalue weighted by Gasteiger charge is 2.26. The molecule has 9 nitrogen and oxygen atoms in total. The van der Waals surface area contributed by atoms with E-state index in [4.69, 9.17) is 32.7 Å². The van der Waals surface area contributed by atoms with Crippen LogP contribution in [-0.2, 0) is 14.3 Å². The van der Waals surface area contributed by atoms with Gasteiger partial charge in [0, 0.05) is 17.7 Å². The number of ether oxygens (including phenoxy) is 2. The first-order valence-electron chi connectivity index (χ1n) is 11.2. The third-order valence-electron chi connectivity index (χ3n) is 5.59. The van der Waals surface area contributed by atoms with Gasteiger partial charge in [0.15, 0.2) is 0 Å². The van der Waals surface area contributed by atoms with Crippen molar-refractivity contribution in [3.8, 4) is 0 Å². The minimum absolute atomic E-state index is 0.0442. The van der Waals surface area contributed by atoms with Gasteiger partial charge in [-0.05, 0) is 37.5 Å². The SMILES string of the molecule is CC(C(=O)Nc1cc(C2CCCC2)nn1C(=O)OCCCl)c1ccc(NC(=O)OCCCl)cc1. The Morgan fingerprint density at radius 1 is 1.06 bits per heavy atom. The third-order valence-corrected chi connectivity index (χ3v) is 5.90. The van der Waals surface area contributed by atoms with Crippen LogP contribution >= 0.6 is 23.2 Å². The molecule has 1 saturated carbocycles. The van der Waals surface area contributed by atoms with Gasteiger partial charge in [0.1, 0.15) is 19.0 Å². The molecule has 1 atom stereocenters. The maximum atomic E-state index is 13.0. The number of amides is 2. The number of carbonyl (C=O) groups excluding carboxylic acids is 3. The van der Waals surface area contributed by atoms with E-state index in [1.807, 2.05) is 0 Å². The zero-order chi connectivity index (χ0) is 24.5. The van der Waals surface area contributed by atoms with Gasteiger partial charge in [0.25, 0.3) is 0 Å². The summed E-state index contributed by atoms with van der Waals surface area (Å²) in [6.07, 6.45) is 2.93. The molecule has 1 aromatic heterocycles. The Kier molecular flexibility index (Phi) is 9.59. The molecule has 0 aliphatic heterocycles. The maximum Gasteiger partial charge on any atom is 0.436 e. The van der Waals surface area contributed by atoms with Gasteiger partial charge in [-0.25, -0.2) is 9.59 Å². The molecular weight excluding hydrogens is 483 g/mol. The van der Waals surface area contributed by atoms with Gasteiger partial charge < -0.3 is 14.8 Å². The molecule has 1 unspecified atom stereocenters. The lowest BCUT2D eigenvalue weighted by Crippen LogP contribution is -2.24. The lowest BCUT2D eigenvalue weighted by molar-refractivity contribution is -0.117. The molecular formula is C23H28Cl2N4O5. The molecule has 1 aliphatic carbocycles. The predicted octanol–water partition coefficient (Wildman–Crippen LogP) is 5.29. The van der Waals surface area contributed by atoms with E-state index in [0.717, 1.165) is 41.6 Å². The van der Waals surface area contributed by atoms with Gasteiger partial charge in [-0.3, -0.25) is 10.1 Å². The standard InChI is InChI=1S/C23H28Cl2N4O5/c1-15(16-6-8-18(9-7-16)26-22(31)33-12-10-24)21(30)27-20-14-19(17-4-2-3-5-17)28-29(20)23(32)34-13-11-25/h6-9,14-15,17H,2-5,10-13H2,1H3,(H,26,31)(H,27,30). The fourth-order valence-corrected chi connectivity index (χ4v) is 3.92. The van der Waals surface area contributed by atoms with Gasteiger partial charge in [-0.15, -0.1) is 27.9 Å². The number of carbonyl (C=O) groups is 3. The Labute approximate surface area is 208 Å². The zero-order valence-electron chi connectivity index (χ0n) is 18.9. The normalized spacial score (nSPS) is 14.4. The number of nitrogens with zero attached hydrogens (tertiary/aromatic N) is 2. The Hall–Kier alpha value is -2.78. The molecule has 1 fully saturated rings. The summed E-state index contributed by atoms with van der Waals surface area (Å²) in [5.41, 5.74) is 2.01. The molecule has 1 aromatic carbocycles. The molecule has 2 amide bonds. The van der Waals surface area contributed by atoms with E-state index >= 15 is 0 Å². The Balaban J connectivity index is 1.69. The summed E-state index contributed by atoms with van der Waals surface area (Å²) in [5.74, 6) is 0.0481.